The summed E-state index contributed by atoms with van der Waals surface area (Å²) in [6, 6.07) is 7.33. The lowest BCUT2D eigenvalue weighted by Crippen LogP contribution is -2.12. The van der Waals surface area contributed by atoms with Gasteiger partial charge in [-0.25, -0.2) is 4.79 Å². The molecule has 0 aliphatic heterocycles. The van der Waals surface area contributed by atoms with Crippen molar-refractivity contribution in [2.24, 2.45) is 0 Å². The summed E-state index contributed by atoms with van der Waals surface area (Å²) in [6.45, 7) is 4.28. The molecule has 2 rings (SSSR count). The molecular formula is C20H24O5. The van der Waals surface area contributed by atoms with Gasteiger partial charge in [0.05, 0.1) is 17.9 Å². The first-order valence-electron chi connectivity index (χ1n) is 8.53. The van der Waals surface area contributed by atoms with Crippen molar-refractivity contribution in [3.8, 4) is 0 Å². The lowest BCUT2D eigenvalue weighted by Gasteiger charge is -2.16. The Bertz CT molecular complexity index is 655. The van der Waals surface area contributed by atoms with Gasteiger partial charge in [-0.3, -0.25) is 4.79 Å². The van der Waals surface area contributed by atoms with Crippen molar-refractivity contribution in [3.63, 3.8) is 0 Å². The number of hydrogen-bond donors (Lipinski definition) is 0. The van der Waals surface area contributed by atoms with Gasteiger partial charge >= 0.3 is 11.9 Å². The standard InChI is InChI=1S/C20H24O5/c1-3-12-24-19-10-8-17(9-11-19)16-4-6-18(7-5-16)20(22)25-14-13-23-15(2)21/h4-8,10H,3,9,11-14H2,1-2H3. The molecule has 1 aromatic carbocycles. The van der Waals surface area contributed by atoms with Gasteiger partial charge in [-0.1, -0.05) is 25.1 Å². The molecule has 0 atom stereocenters. The summed E-state index contributed by atoms with van der Waals surface area (Å²) in [6.07, 6.45) is 6.91. The predicted octanol–water partition coefficient (Wildman–Crippen LogP) is 3.89. The fourth-order valence-electron chi connectivity index (χ4n) is 2.44. The Morgan fingerprint density at radius 1 is 0.960 bits per heavy atom. The Labute approximate surface area is 148 Å². The average Bonchev–Trinajstić information content (AvgIpc) is 2.64. The van der Waals surface area contributed by atoms with Gasteiger partial charge in [0.2, 0.25) is 0 Å². The van der Waals surface area contributed by atoms with E-state index in [0.717, 1.165) is 37.2 Å². The van der Waals surface area contributed by atoms with Gasteiger partial charge in [0.25, 0.3) is 0 Å². The topological polar surface area (TPSA) is 61.8 Å². The van der Waals surface area contributed by atoms with Crippen LogP contribution in [0, 0.1) is 0 Å². The van der Waals surface area contributed by atoms with E-state index in [1.807, 2.05) is 18.2 Å². The number of esters is 2. The van der Waals surface area contributed by atoms with Crippen molar-refractivity contribution in [1.82, 2.24) is 0 Å². The third-order valence-corrected chi connectivity index (χ3v) is 3.72. The molecule has 1 aliphatic carbocycles. The van der Waals surface area contributed by atoms with Gasteiger partial charge in [-0.2, -0.15) is 0 Å². The number of carbonyl (C=O) groups is 2. The Morgan fingerprint density at radius 3 is 2.28 bits per heavy atom. The van der Waals surface area contributed by atoms with E-state index in [0.29, 0.717) is 5.56 Å². The first-order valence-corrected chi connectivity index (χ1v) is 8.53. The first-order chi connectivity index (χ1) is 12.1. The summed E-state index contributed by atoms with van der Waals surface area (Å²) in [5, 5.41) is 0. The van der Waals surface area contributed by atoms with Crippen LogP contribution in [0.4, 0.5) is 0 Å². The summed E-state index contributed by atoms with van der Waals surface area (Å²) in [5.74, 6) is 0.212. The number of allylic oxidation sites excluding steroid dienone is 4. The molecule has 5 heteroatoms. The predicted molar refractivity (Wildman–Crippen MR) is 94.9 cm³/mol. The molecule has 1 aromatic rings. The molecule has 0 saturated heterocycles. The summed E-state index contributed by atoms with van der Waals surface area (Å²) in [5.41, 5.74) is 2.78. The molecule has 134 valence electrons. The van der Waals surface area contributed by atoms with Crippen LogP contribution in [-0.2, 0) is 19.0 Å². The van der Waals surface area contributed by atoms with Crippen molar-refractivity contribution in [3.05, 3.63) is 53.3 Å². The van der Waals surface area contributed by atoms with Crippen molar-refractivity contribution in [1.29, 1.82) is 0 Å². The largest absolute Gasteiger partial charge is 0.498 e. The molecule has 5 nitrogen and oxygen atoms in total. The first kappa shape index (κ1) is 18.8. The second kappa shape index (κ2) is 9.67. The summed E-state index contributed by atoms with van der Waals surface area (Å²) in [7, 11) is 0. The van der Waals surface area contributed by atoms with Gasteiger partial charge < -0.3 is 14.2 Å². The number of ether oxygens (including phenoxy) is 3. The van der Waals surface area contributed by atoms with E-state index in [9.17, 15) is 9.59 Å². The van der Waals surface area contributed by atoms with Crippen LogP contribution < -0.4 is 0 Å². The minimum Gasteiger partial charge on any atom is -0.498 e. The molecule has 1 aliphatic rings. The zero-order valence-electron chi connectivity index (χ0n) is 14.7. The van der Waals surface area contributed by atoms with E-state index in [2.05, 4.69) is 13.0 Å². The highest BCUT2D eigenvalue weighted by Gasteiger charge is 2.11. The van der Waals surface area contributed by atoms with E-state index < -0.39 is 11.9 Å². The lowest BCUT2D eigenvalue weighted by atomic mass is 9.96. The Morgan fingerprint density at radius 2 is 1.68 bits per heavy atom. The fraction of sp³-hybridized carbons (Fsp3) is 0.400. The number of carbonyl (C=O) groups excluding carboxylic acids is 2. The van der Waals surface area contributed by atoms with Crippen LogP contribution in [0.2, 0.25) is 0 Å². The molecule has 0 fully saturated rings. The molecule has 0 aromatic heterocycles. The van der Waals surface area contributed by atoms with Crippen molar-refractivity contribution >= 4 is 17.5 Å². The molecule has 0 unspecified atom stereocenters. The molecule has 0 spiro atoms. The van der Waals surface area contributed by atoms with Gasteiger partial charge in [0, 0.05) is 13.3 Å². The van der Waals surface area contributed by atoms with Crippen molar-refractivity contribution < 1.29 is 23.8 Å². The zero-order chi connectivity index (χ0) is 18.1. The summed E-state index contributed by atoms with van der Waals surface area (Å²) < 4.78 is 15.4. The van der Waals surface area contributed by atoms with Crippen LogP contribution in [0.1, 0.15) is 49.0 Å². The Kier molecular flexibility index (Phi) is 7.26. The highest BCUT2D eigenvalue weighted by Crippen LogP contribution is 2.27. The van der Waals surface area contributed by atoms with Crippen LogP contribution in [0.25, 0.3) is 5.57 Å². The maximum Gasteiger partial charge on any atom is 0.338 e. The normalized spacial score (nSPS) is 13.5. The van der Waals surface area contributed by atoms with E-state index in [1.54, 1.807) is 12.1 Å². The highest BCUT2D eigenvalue weighted by molar-refractivity contribution is 5.90. The fourth-order valence-corrected chi connectivity index (χ4v) is 2.44. The molecular weight excluding hydrogens is 320 g/mol. The summed E-state index contributed by atoms with van der Waals surface area (Å²) >= 11 is 0. The van der Waals surface area contributed by atoms with Gasteiger partial charge in [-0.15, -0.1) is 0 Å². The second-order valence-electron chi connectivity index (χ2n) is 5.73. The molecule has 25 heavy (non-hydrogen) atoms. The molecule has 0 heterocycles. The van der Waals surface area contributed by atoms with Crippen LogP contribution >= 0.6 is 0 Å². The maximum absolute atomic E-state index is 11.9. The van der Waals surface area contributed by atoms with Crippen LogP contribution in [0.15, 0.2) is 42.2 Å². The third kappa shape index (κ3) is 6.10. The van der Waals surface area contributed by atoms with Crippen LogP contribution in [0.3, 0.4) is 0 Å². The van der Waals surface area contributed by atoms with Crippen molar-refractivity contribution in [2.45, 2.75) is 33.1 Å². The second-order valence-corrected chi connectivity index (χ2v) is 5.73. The Hall–Kier alpha value is -2.56. The number of rotatable bonds is 8. The molecule has 0 saturated carbocycles. The maximum atomic E-state index is 11.9. The van der Waals surface area contributed by atoms with Gasteiger partial charge in [0.1, 0.15) is 13.2 Å². The SMILES string of the molecule is CCCOC1=CC=C(c2ccc(C(=O)OCCOC(C)=O)cc2)CC1. The monoisotopic (exact) mass is 344 g/mol. The molecule has 0 N–H and O–H groups in total. The molecule has 0 amide bonds. The zero-order valence-corrected chi connectivity index (χ0v) is 14.7. The smallest absolute Gasteiger partial charge is 0.338 e. The van der Waals surface area contributed by atoms with E-state index in [-0.39, 0.29) is 13.2 Å². The summed E-state index contributed by atoms with van der Waals surface area (Å²) in [4.78, 5) is 22.6. The quantitative estimate of drug-likeness (QED) is 0.529. The van der Waals surface area contributed by atoms with E-state index in [4.69, 9.17) is 14.2 Å². The Balaban J connectivity index is 1.89. The van der Waals surface area contributed by atoms with Crippen LogP contribution in [0.5, 0.6) is 0 Å². The van der Waals surface area contributed by atoms with E-state index >= 15 is 0 Å². The van der Waals surface area contributed by atoms with Gasteiger partial charge in [-0.05, 0) is 42.2 Å². The minimum atomic E-state index is -0.425. The third-order valence-electron chi connectivity index (χ3n) is 3.72. The van der Waals surface area contributed by atoms with Crippen LogP contribution in [-0.4, -0.2) is 31.8 Å². The molecule has 0 radical (unpaired) electrons. The van der Waals surface area contributed by atoms with Gasteiger partial charge in [0.15, 0.2) is 0 Å². The molecule has 0 bridgehead atoms. The minimum absolute atomic E-state index is 0.0522. The number of hydrogen-bond acceptors (Lipinski definition) is 5. The average molecular weight is 344 g/mol. The lowest BCUT2D eigenvalue weighted by molar-refractivity contribution is -0.142. The van der Waals surface area contributed by atoms with E-state index in [1.165, 1.54) is 12.5 Å². The number of benzene rings is 1. The van der Waals surface area contributed by atoms with Crippen molar-refractivity contribution in [2.75, 3.05) is 19.8 Å². The highest BCUT2D eigenvalue weighted by atomic mass is 16.6.